The Morgan fingerprint density at radius 3 is 2.13 bits per heavy atom. The van der Waals surface area contributed by atoms with E-state index >= 15 is 0 Å². The fourth-order valence-corrected chi connectivity index (χ4v) is 5.71. The van der Waals surface area contributed by atoms with Gasteiger partial charge in [0.1, 0.15) is 0 Å². The molecule has 0 aromatic rings. The van der Waals surface area contributed by atoms with Gasteiger partial charge in [-0.05, 0) is 54.9 Å². The smallest absolute Gasteiger partial charge is 0.0182 e. The molecule has 3 aliphatic carbocycles. The van der Waals surface area contributed by atoms with Gasteiger partial charge in [0.15, 0.2) is 0 Å². The molecule has 1 heteroatoms. The lowest BCUT2D eigenvalue weighted by Crippen LogP contribution is -2.55. The molecule has 3 atom stereocenters. The molecule has 0 aromatic carbocycles. The summed E-state index contributed by atoms with van der Waals surface area (Å²) in [5, 5.41) is 3.68. The van der Waals surface area contributed by atoms with Crippen molar-refractivity contribution in [2.75, 3.05) is 7.05 Å². The van der Waals surface area contributed by atoms with Crippen LogP contribution in [0.4, 0.5) is 0 Å². The van der Waals surface area contributed by atoms with Crippen LogP contribution in [-0.4, -0.2) is 13.1 Å². The normalized spacial score (nSPS) is 49.6. The molecule has 3 rings (SSSR count). The molecule has 0 amide bonds. The lowest BCUT2D eigenvalue weighted by molar-refractivity contribution is 0.000768. The molecular weight excluding hydrogens is 182 g/mol. The van der Waals surface area contributed by atoms with Crippen LogP contribution in [0.1, 0.15) is 52.9 Å². The van der Waals surface area contributed by atoms with E-state index in [1.165, 1.54) is 32.1 Å². The number of hydrogen-bond donors (Lipinski definition) is 1. The van der Waals surface area contributed by atoms with E-state index in [4.69, 9.17) is 0 Å². The van der Waals surface area contributed by atoms with E-state index in [1.807, 2.05) is 0 Å². The minimum atomic E-state index is 0.548. The Labute approximate surface area is 94.0 Å². The summed E-state index contributed by atoms with van der Waals surface area (Å²) in [5.41, 5.74) is 1.79. The second-order valence-electron chi connectivity index (χ2n) is 7.04. The van der Waals surface area contributed by atoms with Gasteiger partial charge in [-0.3, -0.25) is 0 Å². The zero-order valence-corrected chi connectivity index (χ0v) is 10.7. The van der Waals surface area contributed by atoms with Crippen molar-refractivity contribution in [1.82, 2.24) is 5.32 Å². The van der Waals surface area contributed by atoms with Gasteiger partial charge in [-0.1, -0.05) is 27.2 Å². The third-order valence-electron chi connectivity index (χ3n) is 6.77. The first kappa shape index (κ1) is 10.1. The maximum Gasteiger partial charge on any atom is 0.0182 e. The molecule has 3 fully saturated rings. The summed E-state index contributed by atoms with van der Waals surface area (Å²) in [4.78, 5) is 0. The molecule has 2 bridgehead atoms. The molecule has 1 spiro atoms. The van der Waals surface area contributed by atoms with Crippen LogP contribution >= 0.6 is 0 Å². The monoisotopic (exact) mass is 207 g/mol. The van der Waals surface area contributed by atoms with Gasteiger partial charge in [0, 0.05) is 6.04 Å². The van der Waals surface area contributed by atoms with Gasteiger partial charge >= 0.3 is 0 Å². The molecule has 3 saturated carbocycles. The third kappa shape index (κ3) is 0.833. The van der Waals surface area contributed by atoms with E-state index < -0.39 is 0 Å². The van der Waals surface area contributed by atoms with Crippen molar-refractivity contribution in [3.8, 4) is 0 Å². The summed E-state index contributed by atoms with van der Waals surface area (Å²) in [7, 11) is 2.19. The fraction of sp³-hybridized carbons (Fsp3) is 1.00. The van der Waals surface area contributed by atoms with Crippen molar-refractivity contribution < 1.29 is 0 Å². The van der Waals surface area contributed by atoms with Crippen molar-refractivity contribution in [2.24, 2.45) is 22.2 Å². The lowest BCUT2D eigenvalue weighted by atomic mass is 9.55. The van der Waals surface area contributed by atoms with Crippen molar-refractivity contribution in [3.63, 3.8) is 0 Å². The molecule has 0 unspecified atom stereocenters. The SMILES string of the molecule is CN[C@H]1C2(CCC2)[C@@H]2CC[C@@]1(C)C2(C)C. The second kappa shape index (κ2) is 2.61. The topological polar surface area (TPSA) is 12.0 Å². The maximum atomic E-state index is 3.68. The Bertz CT molecular complexity index is 290. The highest BCUT2D eigenvalue weighted by atomic mass is 15.0. The lowest BCUT2D eigenvalue weighted by Gasteiger charge is -2.53. The average Bonchev–Trinajstić information content (AvgIpc) is 2.42. The quantitative estimate of drug-likeness (QED) is 0.696. The van der Waals surface area contributed by atoms with Gasteiger partial charge in [0.25, 0.3) is 0 Å². The van der Waals surface area contributed by atoms with Gasteiger partial charge in [0.05, 0.1) is 0 Å². The highest BCUT2D eigenvalue weighted by Gasteiger charge is 2.72. The van der Waals surface area contributed by atoms with Crippen LogP contribution in [0.15, 0.2) is 0 Å². The van der Waals surface area contributed by atoms with E-state index in [0.29, 0.717) is 16.2 Å². The fourth-order valence-electron chi connectivity index (χ4n) is 5.71. The number of hydrogen-bond acceptors (Lipinski definition) is 1. The van der Waals surface area contributed by atoms with Crippen LogP contribution in [0.25, 0.3) is 0 Å². The minimum absolute atomic E-state index is 0.548. The first-order valence-electron chi connectivity index (χ1n) is 6.66. The van der Waals surface area contributed by atoms with Gasteiger partial charge in [0.2, 0.25) is 0 Å². The molecule has 3 aliphatic rings. The van der Waals surface area contributed by atoms with E-state index in [1.54, 1.807) is 0 Å². The second-order valence-corrected chi connectivity index (χ2v) is 7.04. The van der Waals surface area contributed by atoms with Crippen LogP contribution in [-0.2, 0) is 0 Å². The van der Waals surface area contributed by atoms with E-state index in [-0.39, 0.29) is 0 Å². The Morgan fingerprint density at radius 1 is 1.07 bits per heavy atom. The first-order chi connectivity index (χ1) is 6.99. The summed E-state index contributed by atoms with van der Waals surface area (Å²) in [6.45, 7) is 7.60. The summed E-state index contributed by atoms with van der Waals surface area (Å²) in [5.74, 6) is 0.987. The predicted molar refractivity (Wildman–Crippen MR) is 63.7 cm³/mol. The molecule has 0 radical (unpaired) electrons. The summed E-state index contributed by atoms with van der Waals surface area (Å²) < 4.78 is 0. The zero-order chi connectivity index (χ0) is 10.9. The van der Waals surface area contributed by atoms with Crippen molar-refractivity contribution in [2.45, 2.75) is 58.9 Å². The van der Waals surface area contributed by atoms with E-state index in [2.05, 4.69) is 33.1 Å². The predicted octanol–water partition coefficient (Wildman–Crippen LogP) is 3.20. The van der Waals surface area contributed by atoms with Crippen molar-refractivity contribution >= 4 is 0 Å². The van der Waals surface area contributed by atoms with E-state index in [9.17, 15) is 0 Å². The molecule has 1 nitrogen and oxygen atoms in total. The molecule has 0 aromatic heterocycles. The largest absolute Gasteiger partial charge is 0.316 e. The molecule has 0 saturated heterocycles. The van der Waals surface area contributed by atoms with Crippen LogP contribution in [0.2, 0.25) is 0 Å². The summed E-state index contributed by atoms with van der Waals surface area (Å²) >= 11 is 0. The third-order valence-corrected chi connectivity index (χ3v) is 6.77. The van der Waals surface area contributed by atoms with Crippen LogP contribution < -0.4 is 5.32 Å². The number of nitrogens with one attached hydrogen (secondary N) is 1. The van der Waals surface area contributed by atoms with Crippen LogP contribution in [0, 0.1) is 22.2 Å². The first-order valence-corrected chi connectivity index (χ1v) is 6.66. The van der Waals surface area contributed by atoms with Gasteiger partial charge in [-0.2, -0.15) is 0 Å². The van der Waals surface area contributed by atoms with E-state index in [0.717, 1.165) is 12.0 Å². The summed E-state index contributed by atoms with van der Waals surface area (Å²) in [6.07, 6.45) is 7.38. The van der Waals surface area contributed by atoms with Gasteiger partial charge < -0.3 is 5.32 Å². The maximum absolute atomic E-state index is 3.68. The standard InChI is InChI=1S/C14H25N/c1-12(2)10-6-9-13(12,3)11(15-4)14(10)7-5-8-14/h10-11,15H,5-9H2,1-4H3/t10-,11-,13-/m1/s1. The molecule has 0 aliphatic heterocycles. The molecule has 15 heavy (non-hydrogen) atoms. The Hall–Kier alpha value is -0.0400. The van der Waals surface area contributed by atoms with Crippen LogP contribution in [0.5, 0.6) is 0 Å². The van der Waals surface area contributed by atoms with Gasteiger partial charge in [-0.25, -0.2) is 0 Å². The molecule has 86 valence electrons. The highest BCUT2D eigenvalue weighted by molar-refractivity contribution is 5.24. The zero-order valence-electron chi connectivity index (χ0n) is 10.7. The Balaban J connectivity index is 2.08. The highest BCUT2D eigenvalue weighted by Crippen LogP contribution is 2.76. The Morgan fingerprint density at radius 2 is 1.73 bits per heavy atom. The molecule has 0 heterocycles. The number of rotatable bonds is 1. The average molecular weight is 207 g/mol. The summed E-state index contributed by atoms with van der Waals surface area (Å²) in [6, 6.07) is 0.785. The molecular formula is C14H25N. The molecule has 1 N–H and O–H groups in total. The number of fused-ring (bicyclic) bond motifs is 3. The minimum Gasteiger partial charge on any atom is -0.316 e. The van der Waals surface area contributed by atoms with Crippen molar-refractivity contribution in [1.29, 1.82) is 0 Å². The Kier molecular flexibility index (Phi) is 1.77. The van der Waals surface area contributed by atoms with Crippen molar-refractivity contribution in [3.05, 3.63) is 0 Å². The van der Waals surface area contributed by atoms with Gasteiger partial charge in [-0.15, -0.1) is 0 Å². The van der Waals surface area contributed by atoms with Crippen LogP contribution in [0.3, 0.4) is 0 Å².